The third-order valence-electron chi connectivity index (χ3n) is 0.591. The van der Waals surface area contributed by atoms with E-state index in [0.717, 1.165) is 0 Å². The van der Waals surface area contributed by atoms with Crippen LogP contribution in [0.3, 0.4) is 0 Å². The first-order chi connectivity index (χ1) is 3.62. The van der Waals surface area contributed by atoms with E-state index >= 15 is 0 Å². The van der Waals surface area contributed by atoms with Crippen LogP contribution in [0, 0.1) is 0 Å². The van der Waals surface area contributed by atoms with Crippen molar-refractivity contribution in [3.05, 3.63) is 0 Å². The minimum Gasteiger partial charge on any atom is -0.419 e. The molecule has 1 aliphatic rings. The first-order valence-electron chi connectivity index (χ1n) is 1.91. The number of hydrogen-bond donors (Lipinski definition) is 1. The van der Waals surface area contributed by atoms with Gasteiger partial charge in [-0.15, -0.1) is 0 Å². The second-order valence-electron chi connectivity index (χ2n) is 1.40. The summed E-state index contributed by atoms with van der Waals surface area (Å²) >= 11 is 8.15. The third-order valence-corrected chi connectivity index (χ3v) is 0.765. The van der Waals surface area contributed by atoms with Crippen molar-refractivity contribution in [1.29, 1.82) is 0 Å². The lowest BCUT2D eigenvalue weighted by atomic mass is 10.7. The molecule has 0 saturated carbocycles. The Balaban J connectivity index is 2.29. The fraction of sp³-hybridized carbons (Fsp3) is 0.667. The van der Waals surface area contributed by atoms with Crippen molar-refractivity contribution in [2.75, 3.05) is 0 Å². The smallest absolute Gasteiger partial charge is 0.379 e. The second kappa shape index (κ2) is 1.84. The molecule has 0 radical (unpaired) electrons. The van der Waals surface area contributed by atoms with Crippen LogP contribution in [0.15, 0.2) is 0 Å². The summed E-state index contributed by atoms with van der Waals surface area (Å²) in [5.74, 6) is -0.946. The average Bonchev–Trinajstić information content (AvgIpc) is 2.17. The molecule has 1 fully saturated rings. The van der Waals surface area contributed by atoms with E-state index in [2.05, 4.69) is 34.6 Å². The summed E-state index contributed by atoms with van der Waals surface area (Å²) in [7, 11) is 0. The molecule has 8 heavy (non-hydrogen) atoms. The Morgan fingerprint density at radius 1 is 1.75 bits per heavy atom. The maximum Gasteiger partial charge on any atom is 0.379 e. The Hall–Kier alpha value is 0.160. The highest BCUT2D eigenvalue weighted by molar-refractivity contribution is 8.10. The van der Waals surface area contributed by atoms with E-state index in [1.54, 1.807) is 6.92 Å². The van der Waals surface area contributed by atoms with Crippen molar-refractivity contribution >= 4 is 29.2 Å². The molecule has 1 heterocycles. The molecule has 1 rings (SSSR count). The van der Waals surface area contributed by atoms with Gasteiger partial charge >= 0.3 is 5.97 Å². The summed E-state index contributed by atoms with van der Waals surface area (Å²) < 4.78 is 4.82. The number of ether oxygens (including phenoxy) is 1. The molecule has 0 aliphatic carbocycles. The summed E-state index contributed by atoms with van der Waals surface area (Å²) in [6.07, 6.45) is 0. The Bertz CT molecular complexity index is 120. The number of thiol groups is 1. The van der Waals surface area contributed by atoms with Gasteiger partial charge in [0.2, 0.25) is 4.38 Å². The maximum atomic E-state index is 4.70. The van der Waals surface area contributed by atoms with Crippen LogP contribution in [0.25, 0.3) is 0 Å². The molecule has 0 N–H and O–H groups in total. The van der Waals surface area contributed by atoms with Gasteiger partial charge < -0.3 is 4.74 Å². The zero-order valence-electron chi connectivity index (χ0n) is 4.08. The number of hydrogen-bond acceptors (Lipinski definition) is 4. The van der Waals surface area contributed by atoms with Gasteiger partial charge in [-0.1, -0.05) is 12.6 Å². The Labute approximate surface area is 57.2 Å². The van der Waals surface area contributed by atoms with Crippen LogP contribution in [0.2, 0.25) is 0 Å². The summed E-state index contributed by atoms with van der Waals surface area (Å²) in [4.78, 5) is 8.70. The largest absolute Gasteiger partial charge is 0.419 e. The van der Waals surface area contributed by atoms with Gasteiger partial charge in [-0.25, -0.2) is 0 Å². The van der Waals surface area contributed by atoms with Crippen molar-refractivity contribution in [1.82, 2.24) is 0 Å². The highest BCUT2D eigenvalue weighted by Gasteiger charge is 2.47. The highest BCUT2D eigenvalue weighted by Crippen LogP contribution is 2.30. The Kier molecular flexibility index (Phi) is 1.44. The van der Waals surface area contributed by atoms with Gasteiger partial charge in [-0.2, -0.15) is 9.78 Å². The SMILES string of the molecule is CC1(OC(=S)S)OO1. The summed E-state index contributed by atoms with van der Waals surface area (Å²) in [6, 6.07) is 0. The molecule has 3 nitrogen and oxygen atoms in total. The van der Waals surface area contributed by atoms with Crippen LogP contribution in [-0.2, 0) is 14.5 Å². The minimum atomic E-state index is -0.946. The molecule has 46 valence electrons. The van der Waals surface area contributed by atoms with E-state index in [-0.39, 0.29) is 4.38 Å². The van der Waals surface area contributed by atoms with Gasteiger partial charge in [0.15, 0.2) is 0 Å². The van der Waals surface area contributed by atoms with E-state index in [0.29, 0.717) is 0 Å². The van der Waals surface area contributed by atoms with Crippen molar-refractivity contribution in [3.8, 4) is 0 Å². The summed E-state index contributed by atoms with van der Waals surface area (Å²) in [5.41, 5.74) is 0. The lowest BCUT2D eigenvalue weighted by molar-refractivity contribution is 0.0754. The topological polar surface area (TPSA) is 34.3 Å². The van der Waals surface area contributed by atoms with Gasteiger partial charge in [0.1, 0.15) is 0 Å². The van der Waals surface area contributed by atoms with E-state index < -0.39 is 5.97 Å². The first kappa shape index (κ1) is 6.28. The molecule has 5 heteroatoms. The quantitative estimate of drug-likeness (QED) is 0.261. The molecule has 0 bridgehead atoms. The third kappa shape index (κ3) is 1.59. The molecule has 0 amide bonds. The predicted octanol–water partition coefficient (Wildman–Crippen LogP) is 0.853. The van der Waals surface area contributed by atoms with Gasteiger partial charge in [-0.3, -0.25) is 0 Å². The zero-order valence-corrected chi connectivity index (χ0v) is 5.79. The molecule has 0 aromatic carbocycles. The molecular weight excluding hydrogens is 148 g/mol. The average molecular weight is 152 g/mol. The normalized spacial score (nSPS) is 22.2. The van der Waals surface area contributed by atoms with Gasteiger partial charge in [0.25, 0.3) is 0 Å². The standard InChI is InChI=1S/C3H4O3S2/c1-3(5-6-3)4-2(7)8/h1H3,(H,7,8). The second-order valence-corrected chi connectivity index (χ2v) is 2.48. The molecule has 0 aromatic rings. The van der Waals surface area contributed by atoms with Crippen LogP contribution in [0.4, 0.5) is 0 Å². The molecule has 0 aromatic heterocycles. The van der Waals surface area contributed by atoms with E-state index in [1.165, 1.54) is 0 Å². The zero-order chi connectivity index (χ0) is 6.20. The highest BCUT2D eigenvalue weighted by atomic mass is 32.1. The van der Waals surface area contributed by atoms with E-state index in [9.17, 15) is 0 Å². The lowest BCUT2D eigenvalue weighted by Crippen LogP contribution is -2.10. The molecule has 0 atom stereocenters. The van der Waals surface area contributed by atoms with Gasteiger partial charge in [-0.05, 0) is 12.2 Å². The van der Waals surface area contributed by atoms with E-state index in [4.69, 9.17) is 4.74 Å². The lowest BCUT2D eigenvalue weighted by Gasteiger charge is -1.98. The maximum absolute atomic E-state index is 4.70. The van der Waals surface area contributed by atoms with Crippen molar-refractivity contribution in [2.24, 2.45) is 0 Å². The van der Waals surface area contributed by atoms with Crippen LogP contribution in [-0.4, -0.2) is 10.4 Å². The summed E-state index contributed by atoms with van der Waals surface area (Å²) in [5, 5.41) is 0. The monoisotopic (exact) mass is 152 g/mol. The molecule has 0 spiro atoms. The van der Waals surface area contributed by atoms with Gasteiger partial charge in [0.05, 0.1) is 0 Å². The minimum absolute atomic E-state index is 0.116. The molecule has 1 saturated heterocycles. The van der Waals surface area contributed by atoms with Crippen LogP contribution in [0.1, 0.15) is 6.92 Å². The number of thiocarbonyl (C=S) groups is 1. The van der Waals surface area contributed by atoms with Crippen molar-refractivity contribution in [3.63, 3.8) is 0 Å². The fourth-order valence-electron chi connectivity index (χ4n) is 0.251. The summed E-state index contributed by atoms with van der Waals surface area (Å²) in [6.45, 7) is 1.59. The Morgan fingerprint density at radius 3 is 2.38 bits per heavy atom. The predicted molar refractivity (Wildman–Crippen MR) is 33.2 cm³/mol. The Morgan fingerprint density at radius 2 is 2.25 bits per heavy atom. The molecule has 1 aliphatic heterocycles. The van der Waals surface area contributed by atoms with Crippen LogP contribution >= 0.6 is 24.8 Å². The first-order valence-corrected chi connectivity index (χ1v) is 2.77. The molecule has 0 unspecified atom stereocenters. The number of rotatable bonds is 1. The van der Waals surface area contributed by atoms with Crippen LogP contribution in [0.5, 0.6) is 0 Å². The van der Waals surface area contributed by atoms with Gasteiger partial charge in [0, 0.05) is 6.92 Å². The van der Waals surface area contributed by atoms with Crippen molar-refractivity contribution in [2.45, 2.75) is 12.9 Å². The van der Waals surface area contributed by atoms with Crippen LogP contribution < -0.4 is 0 Å². The van der Waals surface area contributed by atoms with Crippen molar-refractivity contribution < 1.29 is 14.5 Å². The van der Waals surface area contributed by atoms with E-state index in [1.807, 2.05) is 0 Å². The fourth-order valence-corrected chi connectivity index (χ4v) is 0.568. The molecular formula is C3H4O3S2.